The molecule has 0 bridgehead atoms. The van der Waals surface area contributed by atoms with E-state index in [1.807, 2.05) is 0 Å². The van der Waals surface area contributed by atoms with Crippen LogP contribution in [0.5, 0.6) is 0 Å². The fourth-order valence-corrected chi connectivity index (χ4v) is 1.20. The molecule has 2 heterocycles. The molecule has 16 heavy (non-hydrogen) atoms. The number of carboxylic acids is 2. The number of fused-ring (bicyclic) bond motifs is 1. The second kappa shape index (κ2) is 3.26. The topological polar surface area (TPSA) is 105 Å². The average Bonchev–Trinajstić information content (AvgIpc) is 2.59. The van der Waals surface area contributed by atoms with Crippen LogP contribution in [0.15, 0.2) is 12.3 Å². The zero-order chi connectivity index (χ0) is 11.9. The summed E-state index contributed by atoms with van der Waals surface area (Å²) in [7, 11) is 0. The molecule has 0 unspecified atom stereocenters. The van der Waals surface area contributed by atoms with Gasteiger partial charge >= 0.3 is 11.9 Å². The van der Waals surface area contributed by atoms with Crippen molar-refractivity contribution in [3.05, 3.63) is 29.5 Å². The van der Waals surface area contributed by atoms with Crippen molar-refractivity contribution < 1.29 is 24.2 Å². The number of hydrogen-bond acceptors (Lipinski definition) is 4. The average molecular weight is 225 g/mol. The molecule has 8 heteroatoms. The van der Waals surface area contributed by atoms with Crippen molar-refractivity contribution in [2.24, 2.45) is 0 Å². The van der Waals surface area contributed by atoms with Gasteiger partial charge in [0.25, 0.3) is 0 Å². The highest BCUT2D eigenvalue weighted by Gasteiger charge is 2.18. The van der Waals surface area contributed by atoms with Gasteiger partial charge in [-0.15, -0.1) is 0 Å². The smallest absolute Gasteiger partial charge is 0.354 e. The number of aromatic carboxylic acids is 2. The number of carbonyl (C=O) groups is 2. The molecule has 0 fully saturated rings. The first-order valence-electron chi connectivity index (χ1n) is 4.01. The fraction of sp³-hybridized carbons (Fsp3) is 0. The maximum Gasteiger partial charge on any atom is 0.354 e. The Hall–Kier alpha value is -2.51. The summed E-state index contributed by atoms with van der Waals surface area (Å²) >= 11 is 0. The van der Waals surface area contributed by atoms with E-state index in [0.717, 1.165) is 16.8 Å². The van der Waals surface area contributed by atoms with Crippen molar-refractivity contribution >= 4 is 17.6 Å². The highest BCUT2D eigenvalue weighted by Crippen LogP contribution is 2.11. The lowest BCUT2D eigenvalue weighted by molar-refractivity contribution is 0.0686. The van der Waals surface area contributed by atoms with E-state index in [4.69, 9.17) is 10.2 Å². The maximum absolute atomic E-state index is 13.1. The van der Waals surface area contributed by atoms with E-state index in [1.165, 1.54) is 0 Å². The standard InChI is InChI=1S/C8H4FN3O4/c9-3-2-10-12-5(8(15)16)1-4(7(13)14)11-6(3)12/h1-2H,(H,13,14)(H,15,16). The Labute approximate surface area is 86.8 Å². The van der Waals surface area contributed by atoms with E-state index in [0.29, 0.717) is 0 Å². The van der Waals surface area contributed by atoms with E-state index >= 15 is 0 Å². The van der Waals surface area contributed by atoms with Gasteiger partial charge in [-0.1, -0.05) is 0 Å². The Morgan fingerprint density at radius 1 is 1.31 bits per heavy atom. The molecule has 0 saturated heterocycles. The zero-order valence-electron chi connectivity index (χ0n) is 7.59. The van der Waals surface area contributed by atoms with Gasteiger partial charge in [-0.2, -0.15) is 5.10 Å². The molecule has 0 aliphatic rings. The van der Waals surface area contributed by atoms with Crippen LogP contribution in [0.25, 0.3) is 5.65 Å². The molecule has 82 valence electrons. The lowest BCUT2D eigenvalue weighted by Crippen LogP contribution is -2.12. The predicted octanol–water partition coefficient (Wildman–Crippen LogP) is 0.265. The van der Waals surface area contributed by atoms with E-state index in [9.17, 15) is 14.0 Å². The molecule has 2 aromatic heterocycles. The Morgan fingerprint density at radius 3 is 2.56 bits per heavy atom. The third kappa shape index (κ3) is 1.36. The second-order valence-electron chi connectivity index (χ2n) is 2.86. The molecule has 0 atom stereocenters. The summed E-state index contributed by atoms with van der Waals surface area (Å²) < 4.78 is 13.8. The van der Waals surface area contributed by atoms with Gasteiger partial charge in [-0.25, -0.2) is 23.5 Å². The molecule has 2 N–H and O–H groups in total. The Balaban J connectivity index is 2.86. The van der Waals surface area contributed by atoms with Crippen LogP contribution in [0.4, 0.5) is 4.39 Å². The van der Waals surface area contributed by atoms with Crippen LogP contribution in [0.1, 0.15) is 21.0 Å². The number of nitrogens with zero attached hydrogens (tertiary/aromatic N) is 3. The van der Waals surface area contributed by atoms with E-state index in [1.54, 1.807) is 0 Å². The molecule has 0 radical (unpaired) electrons. The van der Waals surface area contributed by atoms with Gasteiger partial charge in [0.05, 0.1) is 6.20 Å². The van der Waals surface area contributed by atoms with Gasteiger partial charge in [-0.05, 0) is 0 Å². The third-order valence-corrected chi connectivity index (χ3v) is 1.87. The fourth-order valence-electron chi connectivity index (χ4n) is 1.20. The lowest BCUT2D eigenvalue weighted by Gasteiger charge is -2.00. The lowest BCUT2D eigenvalue weighted by atomic mass is 10.3. The molecule has 0 spiro atoms. The van der Waals surface area contributed by atoms with Gasteiger partial charge < -0.3 is 10.2 Å². The largest absolute Gasteiger partial charge is 0.477 e. The van der Waals surface area contributed by atoms with Crippen LogP contribution >= 0.6 is 0 Å². The number of carboxylic acid groups (broad SMARTS) is 2. The second-order valence-corrected chi connectivity index (χ2v) is 2.86. The first-order valence-corrected chi connectivity index (χ1v) is 4.01. The molecule has 2 aromatic rings. The predicted molar refractivity (Wildman–Crippen MR) is 46.9 cm³/mol. The molecule has 0 aliphatic carbocycles. The quantitative estimate of drug-likeness (QED) is 0.759. The first-order chi connectivity index (χ1) is 7.50. The summed E-state index contributed by atoms with van der Waals surface area (Å²) in [5.74, 6) is -3.74. The van der Waals surface area contributed by atoms with Crippen LogP contribution in [0.3, 0.4) is 0 Å². The Bertz CT molecular complexity index is 607. The minimum Gasteiger partial charge on any atom is -0.477 e. The van der Waals surface area contributed by atoms with Crippen LogP contribution in [-0.4, -0.2) is 36.7 Å². The van der Waals surface area contributed by atoms with E-state index in [2.05, 4.69) is 10.1 Å². The highest BCUT2D eigenvalue weighted by atomic mass is 19.1. The van der Waals surface area contributed by atoms with E-state index < -0.39 is 34.8 Å². The van der Waals surface area contributed by atoms with Gasteiger partial charge in [0.2, 0.25) is 0 Å². The number of aromatic nitrogens is 3. The summed E-state index contributed by atoms with van der Waals surface area (Å²) in [5.41, 5.74) is -1.45. The van der Waals surface area contributed by atoms with Crippen LogP contribution in [-0.2, 0) is 0 Å². The minimum atomic E-state index is -1.44. The number of hydrogen-bond donors (Lipinski definition) is 2. The monoisotopic (exact) mass is 225 g/mol. The van der Waals surface area contributed by atoms with Crippen LogP contribution in [0, 0.1) is 5.82 Å². The molecule has 0 amide bonds. The van der Waals surface area contributed by atoms with Crippen molar-refractivity contribution in [2.75, 3.05) is 0 Å². The van der Waals surface area contributed by atoms with Crippen molar-refractivity contribution in [3.63, 3.8) is 0 Å². The number of rotatable bonds is 2. The highest BCUT2D eigenvalue weighted by molar-refractivity contribution is 5.92. The summed E-state index contributed by atoms with van der Waals surface area (Å²) in [4.78, 5) is 24.9. The van der Waals surface area contributed by atoms with Gasteiger partial charge in [0, 0.05) is 6.07 Å². The Kier molecular flexibility index (Phi) is 2.04. The first kappa shape index (κ1) is 10.0. The summed E-state index contributed by atoms with van der Waals surface area (Å²) in [6.07, 6.45) is 0.764. The molecule has 7 nitrogen and oxygen atoms in total. The van der Waals surface area contributed by atoms with Gasteiger partial charge in [0.15, 0.2) is 22.9 Å². The number of halogens is 1. The molecule has 0 aliphatic heterocycles. The molecule has 2 rings (SSSR count). The van der Waals surface area contributed by atoms with Crippen LogP contribution in [0.2, 0.25) is 0 Å². The van der Waals surface area contributed by atoms with Crippen molar-refractivity contribution in [2.45, 2.75) is 0 Å². The van der Waals surface area contributed by atoms with Crippen LogP contribution < -0.4 is 0 Å². The molecular weight excluding hydrogens is 221 g/mol. The SMILES string of the molecule is O=C(O)c1cc(C(=O)O)n2ncc(F)c2n1. The maximum atomic E-state index is 13.1. The van der Waals surface area contributed by atoms with Crippen molar-refractivity contribution in [3.8, 4) is 0 Å². The van der Waals surface area contributed by atoms with Crippen molar-refractivity contribution in [1.82, 2.24) is 14.6 Å². The van der Waals surface area contributed by atoms with Crippen molar-refractivity contribution in [1.29, 1.82) is 0 Å². The summed E-state index contributed by atoms with van der Waals surface area (Å²) in [6.45, 7) is 0. The molecule has 0 aromatic carbocycles. The van der Waals surface area contributed by atoms with Gasteiger partial charge in [-0.3, -0.25) is 0 Å². The van der Waals surface area contributed by atoms with Gasteiger partial charge in [0.1, 0.15) is 0 Å². The molecular formula is C8H4FN3O4. The summed E-state index contributed by atoms with van der Waals surface area (Å²) in [5, 5.41) is 20.9. The molecule has 0 saturated carbocycles. The zero-order valence-corrected chi connectivity index (χ0v) is 7.59. The van der Waals surface area contributed by atoms with E-state index in [-0.39, 0.29) is 0 Å². The third-order valence-electron chi connectivity index (χ3n) is 1.87. The Morgan fingerprint density at radius 2 is 2.00 bits per heavy atom. The summed E-state index contributed by atoms with van der Waals surface area (Å²) in [6, 6.07) is 0.810. The minimum absolute atomic E-state index is 0.433. The normalized spacial score (nSPS) is 10.6.